The van der Waals surface area contributed by atoms with Crippen molar-refractivity contribution >= 4 is 117 Å². The fourth-order valence-corrected chi connectivity index (χ4v) is 18.5. The van der Waals surface area contributed by atoms with E-state index in [1.54, 1.807) is 59.4 Å². The molecule has 18 aromatic rings. The molecule has 0 bridgehead atoms. The molecule has 0 aliphatic carbocycles. The molecule has 0 fully saturated rings. The van der Waals surface area contributed by atoms with Crippen molar-refractivity contribution in [1.82, 2.24) is 25.6 Å². The van der Waals surface area contributed by atoms with E-state index in [9.17, 15) is 27.0 Å². The Kier molecular flexibility index (Phi) is 34.0. The predicted molar refractivity (Wildman–Crippen MR) is 529 cm³/mol. The molecule has 14 heterocycles. The number of thiophene rings is 1. The molecule has 14 aromatic carbocycles. The number of aromatic amines is 2. The Bertz CT molecular complexity index is 6410. The smallest absolute Gasteiger partial charge is 0.338 e. The highest BCUT2D eigenvalue weighted by Crippen LogP contribution is 2.34. The number of aromatic nitrogens is 5. The quantitative estimate of drug-likeness (QED) is 0.106. The standard InChI is InChI=1S/C9H8O2.C9H10O.C8H6O2S.2C8H6O2.C8H6OS.2C8H8O.C8H6O.C8H8S.C8H6S.C7H6N2.C7H6O2.C6H5N3/c10-9-6-5-7-3-1-2-4-8(7)11-9;1-2-6-9-8(4-1)5-3-7-10-9;9-11(10)6-5-7-3-1-2-4-8(7)11;9-8-7-4-2-1-3-6(7)5-10-8;9-8-5-6-3-1-2-4-7(6)10-8;9-10-6-5-7-3-1-2-4-8(7)10;1-2-4-8-6-9-5-7(8)3-1;4*1-2-4-8-7(3-1)5-6-9-8;1-2-4-7-6(3-1)5-8-9-7;1-2-4-7-6(3-1)8-5-9-7;1-2-4-6-5(3-1)7-9-8-6/h1-4H,5-6H2;1-2,4,6H,3,5,7H2;1-6H;2*1-4H,5H2;1-6H;2*1-4H,5-6H2;1-6H;1-4H,5-6H2;1-6H;1-5H,(H,8,9);1-4H,5H2;1-4H,(H,7,8,9). The molecule has 0 radical (unpaired) electrons. The van der Waals surface area contributed by atoms with E-state index in [0.717, 1.165) is 140 Å². The van der Waals surface area contributed by atoms with Crippen molar-refractivity contribution in [3.05, 3.63) is 442 Å². The third-order valence-corrected chi connectivity index (χ3v) is 26.0. The van der Waals surface area contributed by atoms with Gasteiger partial charge < -0.3 is 42.3 Å². The number of hydrogen-bond donors (Lipinski definition) is 2. The van der Waals surface area contributed by atoms with Crippen LogP contribution in [0.4, 0.5) is 0 Å². The van der Waals surface area contributed by atoms with Crippen LogP contribution in [0.15, 0.2) is 400 Å². The third kappa shape index (κ3) is 27.1. The Morgan fingerprint density at radius 3 is 1.60 bits per heavy atom. The summed E-state index contributed by atoms with van der Waals surface area (Å²) in [6.07, 6.45) is 13.5. The Hall–Kier alpha value is -15.1. The third-order valence-electron chi connectivity index (χ3n) is 21.3. The second-order valence-corrected chi connectivity index (χ2v) is 35.6. The maximum atomic E-state index is 11.2. The van der Waals surface area contributed by atoms with Crippen molar-refractivity contribution in [2.75, 3.05) is 25.8 Å². The zero-order chi connectivity index (χ0) is 92.2. The summed E-state index contributed by atoms with van der Waals surface area (Å²) >= 11 is 3.76. The molecule has 10 aliphatic heterocycles. The molecule has 0 saturated heterocycles. The summed E-state index contributed by atoms with van der Waals surface area (Å²) in [4.78, 5) is 35.2. The van der Waals surface area contributed by atoms with Crippen LogP contribution < -0.4 is 28.4 Å². The Balaban J connectivity index is 0.000000110. The van der Waals surface area contributed by atoms with Gasteiger partial charge >= 0.3 is 17.9 Å². The molecule has 1 unspecified atom stereocenters. The minimum Gasteiger partial charge on any atom is -0.493 e. The summed E-state index contributed by atoms with van der Waals surface area (Å²) in [5.41, 5.74) is 16.5. The van der Waals surface area contributed by atoms with Gasteiger partial charge in [0.15, 0.2) is 21.3 Å². The van der Waals surface area contributed by atoms with Gasteiger partial charge in [0, 0.05) is 54.5 Å². The number of nitrogens with one attached hydrogen (secondary N) is 2. The topological polar surface area (TPSA) is 260 Å². The Labute approximate surface area is 787 Å². The number of carbonyl (C=O) groups is 3. The minimum atomic E-state index is -3.09. The Morgan fingerprint density at radius 1 is 0.403 bits per heavy atom. The molecule has 674 valence electrons. The lowest BCUT2D eigenvalue weighted by molar-refractivity contribution is -0.135. The number of esters is 3. The summed E-state index contributed by atoms with van der Waals surface area (Å²) in [5, 5.41) is 25.8. The zero-order valence-electron chi connectivity index (χ0n) is 73.0. The molecule has 0 spiro atoms. The van der Waals surface area contributed by atoms with E-state index >= 15 is 0 Å². The maximum Gasteiger partial charge on any atom is 0.338 e. The van der Waals surface area contributed by atoms with Crippen molar-refractivity contribution in [2.45, 2.75) is 79.5 Å². The van der Waals surface area contributed by atoms with E-state index in [4.69, 9.17) is 42.3 Å². The van der Waals surface area contributed by atoms with E-state index in [2.05, 4.69) is 116 Å². The van der Waals surface area contributed by atoms with E-state index in [-0.39, 0.29) is 17.9 Å². The number of para-hydroxylation sites is 10. The molecule has 2 N–H and O–H groups in total. The highest BCUT2D eigenvalue weighted by Gasteiger charge is 2.22. The lowest BCUT2D eigenvalue weighted by Gasteiger charge is -2.15. The highest BCUT2D eigenvalue weighted by molar-refractivity contribution is 7.99. The number of ether oxygens (including phenoxy) is 8. The van der Waals surface area contributed by atoms with Gasteiger partial charge in [-0.3, -0.25) is 14.7 Å². The van der Waals surface area contributed by atoms with E-state index in [0.29, 0.717) is 42.4 Å². The second kappa shape index (κ2) is 48.7. The predicted octanol–water partition coefficient (Wildman–Crippen LogP) is 24.2. The lowest BCUT2D eigenvalue weighted by Crippen LogP contribution is -2.15. The van der Waals surface area contributed by atoms with E-state index in [1.807, 2.05) is 261 Å². The molecule has 20 nitrogen and oxygen atoms in total. The summed E-state index contributed by atoms with van der Waals surface area (Å²) in [6.45, 7) is 4.15. The second-order valence-electron chi connectivity index (χ2n) is 30.4. The van der Waals surface area contributed by atoms with Gasteiger partial charge in [-0.25, -0.2) is 17.4 Å². The van der Waals surface area contributed by atoms with Crippen LogP contribution in [0.25, 0.3) is 55.1 Å². The van der Waals surface area contributed by atoms with Crippen LogP contribution in [0.2, 0.25) is 0 Å². The highest BCUT2D eigenvalue weighted by atomic mass is 32.2. The first-order valence-electron chi connectivity index (χ1n) is 43.5. The van der Waals surface area contributed by atoms with Gasteiger partial charge in [0.25, 0.3) is 0 Å². The number of benzene rings is 14. The molecule has 0 saturated carbocycles. The first-order chi connectivity index (χ1) is 65.9. The number of furan rings is 1. The number of aryl methyl sites for hydroxylation is 3. The fourth-order valence-electron chi connectivity index (χ4n) is 14.5. The van der Waals surface area contributed by atoms with Gasteiger partial charge in [0.2, 0.25) is 6.79 Å². The number of sulfone groups is 1. The molecule has 134 heavy (non-hydrogen) atoms. The van der Waals surface area contributed by atoms with Crippen molar-refractivity contribution in [3.8, 4) is 34.5 Å². The number of hydrogen-bond acceptors (Lipinski definition) is 20. The van der Waals surface area contributed by atoms with Crippen LogP contribution >= 0.6 is 23.1 Å². The Morgan fingerprint density at radius 2 is 0.948 bits per heavy atom. The van der Waals surface area contributed by atoms with Gasteiger partial charge in [-0.2, -0.15) is 20.5 Å². The average Bonchev–Trinajstić information content (AvgIpc) is 1.65. The molecule has 10 aliphatic rings. The number of rotatable bonds is 0. The van der Waals surface area contributed by atoms with Crippen LogP contribution in [-0.4, -0.2) is 81.9 Å². The van der Waals surface area contributed by atoms with Gasteiger partial charge in [0.05, 0.1) is 83.4 Å². The molecule has 24 heteroatoms. The lowest BCUT2D eigenvalue weighted by atomic mass is 10.1. The van der Waals surface area contributed by atoms with E-state index in [1.165, 1.54) is 66.8 Å². The largest absolute Gasteiger partial charge is 0.493 e. The maximum absolute atomic E-state index is 11.2. The number of nitrogens with zero attached hydrogens (tertiary/aromatic N) is 3. The molecular formula is C110H95N5O15S4. The zero-order valence-corrected chi connectivity index (χ0v) is 76.3. The SMILES string of the molecule is O=C1CCc2ccccc2O1.O=C1Cc2ccccc2O1.O=C1OCc2ccccc21.O=S1(=O)C=Cc2ccccc21.O=S1C=Cc2ccccc21.c1ccc2[nH]ncc2c1.c1ccc2c(c1)CCCO2.c1ccc2c(c1)CCO2.c1ccc2c(c1)CCS2.c1ccc2c(c1)COC2.c1ccc2c(c1)OCO2.c1ccc2n[nH]nc2c1.c1ccc2occc2c1.c1ccc2sccc2c1. The van der Waals surface area contributed by atoms with E-state index < -0.39 is 20.6 Å². The van der Waals surface area contributed by atoms with Gasteiger partial charge in [-0.1, -0.05) is 249 Å². The number of thioether (sulfide) groups is 1. The molecule has 1 atom stereocenters. The molecule has 28 rings (SSSR count). The first kappa shape index (κ1) is 93.6. The number of carbonyl (C=O) groups excluding carboxylic acids is 3. The number of cyclic esters (lactones) is 1. The van der Waals surface area contributed by atoms with Gasteiger partial charge in [-0.05, 0) is 196 Å². The number of fused-ring (bicyclic) bond motifs is 14. The summed E-state index contributed by atoms with van der Waals surface area (Å²) in [6, 6.07) is 114. The van der Waals surface area contributed by atoms with Gasteiger partial charge in [0.1, 0.15) is 46.2 Å². The van der Waals surface area contributed by atoms with Crippen molar-refractivity contribution < 1.29 is 69.3 Å². The summed E-state index contributed by atoms with van der Waals surface area (Å²) in [5.74, 6) is 6.08. The van der Waals surface area contributed by atoms with Crippen LogP contribution in [-0.2, 0) is 91.6 Å². The fraction of sp³-hybridized carbons (Fsp3) is 0.127. The van der Waals surface area contributed by atoms with Crippen LogP contribution in [0.5, 0.6) is 34.5 Å². The van der Waals surface area contributed by atoms with Crippen molar-refractivity contribution in [1.29, 1.82) is 0 Å². The monoisotopic (exact) mass is 1850 g/mol. The van der Waals surface area contributed by atoms with Crippen LogP contribution in [0, 0.1) is 0 Å². The summed E-state index contributed by atoms with van der Waals surface area (Å²) in [7, 11) is -3.96. The first-order valence-corrected chi connectivity index (χ1v) is 48.1. The normalized spacial score (nSPS) is 14.4. The van der Waals surface area contributed by atoms with Crippen LogP contribution in [0.1, 0.15) is 78.8 Å². The van der Waals surface area contributed by atoms with Crippen LogP contribution in [0.3, 0.4) is 0 Å². The average molecular weight is 1860 g/mol. The number of H-pyrrole nitrogens is 2. The summed E-state index contributed by atoms with van der Waals surface area (Å²) < 4.78 is 80.6. The van der Waals surface area contributed by atoms with Gasteiger partial charge in [-0.15, -0.1) is 23.1 Å². The molecular weight excluding hydrogens is 1760 g/mol. The molecule has 0 amide bonds. The van der Waals surface area contributed by atoms with Crippen molar-refractivity contribution in [3.63, 3.8) is 0 Å². The minimum absolute atomic E-state index is 0.122. The molecule has 4 aromatic heterocycles. The van der Waals surface area contributed by atoms with Crippen molar-refractivity contribution in [2.24, 2.45) is 0 Å².